The van der Waals surface area contributed by atoms with Crippen molar-refractivity contribution in [2.75, 3.05) is 19.8 Å². The van der Waals surface area contributed by atoms with Gasteiger partial charge < -0.3 is 14.2 Å². The van der Waals surface area contributed by atoms with Gasteiger partial charge in [-0.15, -0.1) is 0 Å². The van der Waals surface area contributed by atoms with E-state index in [0.29, 0.717) is 5.92 Å². The molecule has 0 bridgehead atoms. The van der Waals surface area contributed by atoms with Crippen molar-refractivity contribution in [1.29, 1.82) is 0 Å². The van der Waals surface area contributed by atoms with Crippen molar-refractivity contribution >= 4 is 0 Å². The zero-order valence-electron chi connectivity index (χ0n) is 12.9. The molecule has 0 saturated carbocycles. The van der Waals surface area contributed by atoms with Crippen LogP contribution in [0.1, 0.15) is 51.5 Å². The minimum atomic E-state index is -0.403. The molecule has 1 aromatic rings. The maximum absolute atomic E-state index is 5.84. The van der Waals surface area contributed by atoms with Crippen molar-refractivity contribution in [2.45, 2.75) is 51.7 Å². The van der Waals surface area contributed by atoms with Crippen molar-refractivity contribution in [3.63, 3.8) is 0 Å². The molecule has 0 radical (unpaired) electrons. The molecule has 1 aromatic carbocycles. The van der Waals surface area contributed by atoms with Gasteiger partial charge in [0.1, 0.15) is 5.75 Å². The lowest BCUT2D eigenvalue weighted by Crippen LogP contribution is -2.40. The molecule has 1 saturated heterocycles. The van der Waals surface area contributed by atoms with Crippen molar-refractivity contribution in [3.8, 4) is 5.75 Å². The molecule has 20 heavy (non-hydrogen) atoms. The first kappa shape index (κ1) is 15.3. The van der Waals surface area contributed by atoms with Crippen LogP contribution in [-0.2, 0) is 9.47 Å². The van der Waals surface area contributed by atoms with Crippen LogP contribution >= 0.6 is 0 Å². The summed E-state index contributed by atoms with van der Waals surface area (Å²) in [7, 11) is 0. The molecule has 0 unspecified atom stereocenters. The number of benzene rings is 1. The molecular formula is C17H26O3. The van der Waals surface area contributed by atoms with E-state index in [9.17, 15) is 0 Å². The topological polar surface area (TPSA) is 27.7 Å². The van der Waals surface area contributed by atoms with Crippen molar-refractivity contribution < 1.29 is 14.2 Å². The third kappa shape index (κ3) is 3.97. The largest absolute Gasteiger partial charge is 0.494 e. The maximum atomic E-state index is 5.84. The number of rotatable bonds is 6. The lowest BCUT2D eigenvalue weighted by atomic mass is 9.99. The van der Waals surface area contributed by atoms with E-state index in [4.69, 9.17) is 14.2 Å². The fourth-order valence-electron chi connectivity index (χ4n) is 2.21. The summed E-state index contributed by atoms with van der Waals surface area (Å²) in [5.74, 6) is 0.859. The van der Waals surface area contributed by atoms with Gasteiger partial charge in [-0.3, -0.25) is 0 Å². The highest BCUT2D eigenvalue weighted by Gasteiger charge is 2.31. The third-order valence-corrected chi connectivity index (χ3v) is 3.94. The lowest BCUT2D eigenvalue weighted by Gasteiger charge is -2.37. The summed E-state index contributed by atoms with van der Waals surface area (Å²) in [6.45, 7) is 8.50. The minimum absolute atomic E-state index is 0.319. The number of ether oxygens (including phenoxy) is 3. The molecule has 0 spiro atoms. The van der Waals surface area contributed by atoms with Crippen LogP contribution in [0.25, 0.3) is 0 Å². The zero-order valence-corrected chi connectivity index (χ0v) is 12.9. The van der Waals surface area contributed by atoms with Gasteiger partial charge in [-0.2, -0.15) is 0 Å². The predicted octanol–water partition coefficient (Wildman–Crippen LogP) is 4.12. The van der Waals surface area contributed by atoms with Gasteiger partial charge in [-0.25, -0.2) is 0 Å². The number of unbranched alkanes of at least 4 members (excludes halogenated alkanes) is 1. The summed E-state index contributed by atoms with van der Waals surface area (Å²) in [5, 5.41) is 0. The average molecular weight is 278 g/mol. The Hall–Kier alpha value is -1.06. The summed E-state index contributed by atoms with van der Waals surface area (Å²) in [6, 6.07) is 8.32. The fraction of sp³-hybridized carbons (Fsp3) is 0.647. The van der Waals surface area contributed by atoms with Crippen LogP contribution in [0.4, 0.5) is 0 Å². The minimum Gasteiger partial charge on any atom is -0.494 e. The molecule has 0 N–H and O–H groups in total. The Morgan fingerprint density at radius 1 is 1.15 bits per heavy atom. The summed E-state index contributed by atoms with van der Waals surface area (Å²) in [4.78, 5) is 0. The average Bonchev–Trinajstić information content (AvgIpc) is 2.49. The highest BCUT2D eigenvalue weighted by molar-refractivity contribution is 5.29. The predicted molar refractivity (Wildman–Crippen MR) is 80.2 cm³/mol. The number of hydrogen-bond donors (Lipinski definition) is 0. The molecule has 1 aliphatic heterocycles. The second-order valence-corrected chi connectivity index (χ2v) is 5.58. The lowest BCUT2D eigenvalue weighted by molar-refractivity contribution is -0.263. The Balaban J connectivity index is 1.87. The first-order valence-corrected chi connectivity index (χ1v) is 7.67. The van der Waals surface area contributed by atoms with E-state index in [1.54, 1.807) is 0 Å². The Morgan fingerprint density at radius 2 is 1.80 bits per heavy atom. The van der Waals surface area contributed by atoms with Crippen LogP contribution in [0.5, 0.6) is 5.75 Å². The van der Waals surface area contributed by atoms with E-state index in [1.807, 2.05) is 19.1 Å². The van der Waals surface area contributed by atoms with Crippen LogP contribution in [0.3, 0.4) is 0 Å². The maximum Gasteiger partial charge on any atom is 0.165 e. The van der Waals surface area contributed by atoms with Gasteiger partial charge >= 0.3 is 0 Å². The summed E-state index contributed by atoms with van der Waals surface area (Å²) < 4.78 is 17.4. The monoisotopic (exact) mass is 278 g/mol. The van der Waals surface area contributed by atoms with Gasteiger partial charge in [0.15, 0.2) is 5.79 Å². The Kier molecular flexibility index (Phi) is 5.44. The van der Waals surface area contributed by atoms with E-state index in [0.717, 1.165) is 44.8 Å². The van der Waals surface area contributed by atoms with Crippen LogP contribution in [0.2, 0.25) is 0 Å². The SMILES string of the molecule is CCCCOc1ccc(C2COC(C)(CC)OC2)cc1. The van der Waals surface area contributed by atoms with E-state index >= 15 is 0 Å². The van der Waals surface area contributed by atoms with Gasteiger partial charge in [-0.1, -0.05) is 32.4 Å². The molecule has 3 nitrogen and oxygen atoms in total. The van der Waals surface area contributed by atoms with Crippen molar-refractivity contribution in [3.05, 3.63) is 29.8 Å². The highest BCUT2D eigenvalue weighted by Crippen LogP contribution is 2.30. The van der Waals surface area contributed by atoms with Gasteiger partial charge in [0.2, 0.25) is 0 Å². The zero-order chi connectivity index (χ0) is 14.4. The van der Waals surface area contributed by atoms with Crippen LogP contribution < -0.4 is 4.74 Å². The number of hydrogen-bond acceptors (Lipinski definition) is 3. The van der Waals surface area contributed by atoms with Crippen molar-refractivity contribution in [1.82, 2.24) is 0 Å². The molecule has 1 aliphatic rings. The van der Waals surface area contributed by atoms with E-state index < -0.39 is 5.79 Å². The molecular weight excluding hydrogens is 252 g/mol. The third-order valence-electron chi connectivity index (χ3n) is 3.94. The second-order valence-electron chi connectivity index (χ2n) is 5.58. The molecule has 0 atom stereocenters. The summed E-state index contributed by atoms with van der Waals surface area (Å²) >= 11 is 0. The van der Waals surface area contributed by atoms with E-state index in [-0.39, 0.29) is 0 Å². The first-order valence-electron chi connectivity index (χ1n) is 7.67. The molecule has 0 aromatic heterocycles. The molecule has 3 heteroatoms. The van der Waals surface area contributed by atoms with Gasteiger partial charge in [0.05, 0.1) is 19.8 Å². The Labute approximate surface area is 122 Å². The van der Waals surface area contributed by atoms with Crippen LogP contribution in [0, 0.1) is 0 Å². The quantitative estimate of drug-likeness (QED) is 0.732. The van der Waals surface area contributed by atoms with Gasteiger partial charge in [0.25, 0.3) is 0 Å². The van der Waals surface area contributed by atoms with Gasteiger partial charge in [0, 0.05) is 5.92 Å². The molecule has 112 valence electrons. The fourth-order valence-corrected chi connectivity index (χ4v) is 2.21. The van der Waals surface area contributed by atoms with Gasteiger partial charge in [-0.05, 0) is 37.5 Å². The second kappa shape index (κ2) is 7.09. The molecule has 0 amide bonds. The highest BCUT2D eigenvalue weighted by atomic mass is 16.7. The smallest absolute Gasteiger partial charge is 0.165 e. The van der Waals surface area contributed by atoms with E-state index in [1.165, 1.54) is 5.56 Å². The van der Waals surface area contributed by atoms with E-state index in [2.05, 4.69) is 26.0 Å². The van der Waals surface area contributed by atoms with Crippen LogP contribution in [0.15, 0.2) is 24.3 Å². The molecule has 1 heterocycles. The Morgan fingerprint density at radius 3 is 2.35 bits per heavy atom. The normalized spacial score (nSPS) is 26.4. The standard InChI is InChI=1S/C17H26O3/c1-4-6-11-18-16-9-7-14(8-10-16)15-12-19-17(3,5-2)20-13-15/h7-10,15H,4-6,11-13H2,1-3H3. The Bertz CT molecular complexity index is 391. The molecule has 2 rings (SSSR count). The summed E-state index contributed by atoms with van der Waals surface area (Å²) in [6.07, 6.45) is 3.14. The molecule has 0 aliphatic carbocycles. The first-order chi connectivity index (χ1) is 9.67. The molecule has 1 fully saturated rings. The van der Waals surface area contributed by atoms with Crippen LogP contribution in [-0.4, -0.2) is 25.6 Å². The summed E-state index contributed by atoms with van der Waals surface area (Å²) in [5.41, 5.74) is 1.26. The van der Waals surface area contributed by atoms with Crippen molar-refractivity contribution in [2.24, 2.45) is 0 Å².